The maximum atomic E-state index is 12.5. The van der Waals surface area contributed by atoms with Crippen LogP contribution in [0, 0.1) is 0 Å². The zero-order chi connectivity index (χ0) is 21.9. The van der Waals surface area contributed by atoms with Gasteiger partial charge in [-0.2, -0.15) is 0 Å². The van der Waals surface area contributed by atoms with E-state index in [1.54, 1.807) is 13.2 Å². The molecule has 6 heteroatoms. The molecule has 1 fully saturated rings. The predicted molar refractivity (Wildman–Crippen MR) is 122 cm³/mol. The third-order valence-corrected chi connectivity index (χ3v) is 5.35. The van der Waals surface area contributed by atoms with Crippen molar-refractivity contribution in [3.05, 3.63) is 66.2 Å². The minimum absolute atomic E-state index is 0.134. The fourth-order valence-electron chi connectivity index (χ4n) is 3.60. The number of aliphatic hydroxyl groups excluding tert-OH is 1. The van der Waals surface area contributed by atoms with Crippen molar-refractivity contribution in [3.8, 4) is 11.5 Å². The number of aliphatic hydroxyl groups is 1. The summed E-state index contributed by atoms with van der Waals surface area (Å²) in [6, 6.07) is 16.7. The van der Waals surface area contributed by atoms with Crippen molar-refractivity contribution >= 4 is 12.0 Å². The minimum atomic E-state index is -0.771. The molecule has 1 aliphatic heterocycles. The number of hydrogen-bond acceptors (Lipinski definition) is 5. The molecule has 0 bridgehead atoms. The molecular weight excluding hydrogens is 392 g/mol. The van der Waals surface area contributed by atoms with Crippen LogP contribution in [0.4, 0.5) is 0 Å². The quantitative estimate of drug-likeness (QED) is 0.580. The molecule has 1 aliphatic rings. The van der Waals surface area contributed by atoms with E-state index in [0.717, 1.165) is 37.2 Å². The molecule has 2 aromatic rings. The van der Waals surface area contributed by atoms with Gasteiger partial charge in [0.05, 0.1) is 32.3 Å². The molecule has 1 heterocycles. The molecule has 6 nitrogen and oxygen atoms in total. The van der Waals surface area contributed by atoms with Gasteiger partial charge in [-0.1, -0.05) is 42.5 Å². The highest BCUT2D eigenvalue weighted by Crippen LogP contribution is 2.17. The van der Waals surface area contributed by atoms with E-state index in [-0.39, 0.29) is 25.0 Å². The van der Waals surface area contributed by atoms with Crippen molar-refractivity contribution in [2.24, 2.45) is 0 Å². The molecule has 0 saturated carbocycles. The Bertz CT molecular complexity index is 817. The molecule has 0 radical (unpaired) electrons. The van der Waals surface area contributed by atoms with Gasteiger partial charge in [0.2, 0.25) is 5.91 Å². The summed E-state index contributed by atoms with van der Waals surface area (Å²) in [6.07, 6.45) is 5.41. The van der Waals surface area contributed by atoms with Gasteiger partial charge in [0.15, 0.2) is 0 Å². The number of rotatable bonds is 11. The van der Waals surface area contributed by atoms with Crippen molar-refractivity contribution in [1.29, 1.82) is 0 Å². The van der Waals surface area contributed by atoms with Crippen LogP contribution >= 0.6 is 0 Å². The molecule has 166 valence electrons. The van der Waals surface area contributed by atoms with E-state index in [9.17, 15) is 9.90 Å². The Hall–Kier alpha value is -2.83. The number of ether oxygens (including phenoxy) is 2. The summed E-state index contributed by atoms with van der Waals surface area (Å²) in [7, 11) is 1.61. The molecule has 2 aromatic carbocycles. The standard InChI is InChI=1S/C25H32N2O4/c1-30-21-10-12-22(13-11-21)31-18-15-25(29)26-23(19-27-16-5-6-17-27)24(28)14-9-20-7-3-2-4-8-20/h2-4,7-14,23-24,28H,5-6,15-19H2,1H3,(H,26,29)/b14-9+/t23-,24-/m1/s1. The summed E-state index contributed by atoms with van der Waals surface area (Å²) in [6.45, 7) is 2.90. The molecule has 0 unspecified atom stereocenters. The smallest absolute Gasteiger partial charge is 0.223 e. The first kappa shape index (κ1) is 22.8. The summed E-state index contributed by atoms with van der Waals surface area (Å²) in [5.41, 5.74) is 1.01. The Labute approximate surface area is 184 Å². The zero-order valence-electron chi connectivity index (χ0n) is 18.1. The van der Waals surface area contributed by atoms with Gasteiger partial charge in [0.1, 0.15) is 11.5 Å². The SMILES string of the molecule is COc1ccc(OCCC(=O)N[C@H](CN2CCCC2)[C@H](O)/C=C/c2ccccc2)cc1. The van der Waals surface area contributed by atoms with Gasteiger partial charge in [0.25, 0.3) is 0 Å². The maximum absolute atomic E-state index is 12.5. The fourth-order valence-corrected chi connectivity index (χ4v) is 3.60. The molecular formula is C25H32N2O4. The van der Waals surface area contributed by atoms with Crippen LogP contribution in [0.3, 0.4) is 0 Å². The minimum Gasteiger partial charge on any atom is -0.497 e. The first-order chi connectivity index (χ1) is 15.1. The number of amides is 1. The first-order valence-corrected chi connectivity index (χ1v) is 10.8. The summed E-state index contributed by atoms with van der Waals surface area (Å²) < 4.78 is 10.8. The van der Waals surface area contributed by atoms with Crippen LogP contribution in [0.5, 0.6) is 11.5 Å². The predicted octanol–water partition coefficient (Wildman–Crippen LogP) is 3.12. The topological polar surface area (TPSA) is 71.0 Å². The highest BCUT2D eigenvalue weighted by atomic mass is 16.5. The average Bonchev–Trinajstić information content (AvgIpc) is 3.31. The lowest BCUT2D eigenvalue weighted by Crippen LogP contribution is -2.49. The van der Waals surface area contributed by atoms with Gasteiger partial charge in [-0.15, -0.1) is 0 Å². The second-order valence-electron chi connectivity index (χ2n) is 7.72. The molecule has 0 spiro atoms. The van der Waals surface area contributed by atoms with Crippen LogP contribution in [-0.2, 0) is 4.79 Å². The van der Waals surface area contributed by atoms with Crippen molar-refractivity contribution in [1.82, 2.24) is 10.2 Å². The Morgan fingerprint density at radius 1 is 1.10 bits per heavy atom. The van der Waals surface area contributed by atoms with Gasteiger partial charge in [0, 0.05) is 6.54 Å². The van der Waals surface area contributed by atoms with Gasteiger partial charge in [-0.25, -0.2) is 0 Å². The second kappa shape index (κ2) is 12.1. The number of methoxy groups -OCH3 is 1. The second-order valence-corrected chi connectivity index (χ2v) is 7.72. The van der Waals surface area contributed by atoms with Gasteiger partial charge in [-0.05, 0) is 55.8 Å². The van der Waals surface area contributed by atoms with Crippen molar-refractivity contribution < 1.29 is 19.4 Å². The van der Waals surface area contributed by atoms with Crippen molar-refractivity contribution in [2.45, 2.75) is 31.4 Å². The van der Waals surface area contributed by atoms with E-state index in [0.29, 0.717) is 12.3 Å². The van der Waals surface area contributed by atoms with E-state index >= 15 is 0 Å². The number of carbonyl (C=O) groups is 1. The van der Waals surface area contributed by atoms with E-state index < -0.39 is 6.10 Å². The first-order valence-electron chi connectivity index (χ1n) is 10.8. The lowest BCUT2D eigenvalue weighted by molar-refractivity contribution is -0.123. The number of benzene rings is 2. The average molecular weight is 425 g/mol. The Morgan fingerprint density at radius 3 is 2.45 bits per heavy atom. The number of hydrogen-bond donors (Lipinski definition) is 2. The third-order valence-electron chi connectivity index (χ3n) is 5.35. The van der Waals surface area contributed by atoms with E-state index in [4.69, 9.17) is 9.47 Å². The summed E-state index contributed by atoms with van der Waals surface area (Å²) >= 11 is 0. The lowest BCUT2D eigenvalue weighted by atomic mass is 10.1. The molecule has 0 aromatic heterocycles. The Balaban J connectivity index is 1.52. The number of nitrogens with zero attached hydrogens (tertiary/aromatic N) is 1. The normalized spacial score (nSPS) is 16.2. The van der Waals surface area contributed by atoms with Crippen LogP contribution in [-0.4, -0.2) is 61.4 Å². The van der Waals surface area contributed by atoms with Crippen LogP contribution in [0.1, 0.15) is 24.8 Å². The fraction of sp³-hybridized carbons (Fsp3) is 0.400. The number of carbonyl (C=O) groups excluding carboxylic acids is 1. The van der Waals surface area contributed by atoms with Crippen molar-refractivity contribution in [2.75, 3.05) is 33.4 Å². The monoisotopic (exact) mass is 424 g/mol. The van der Waals surface area contributed by atoms with Gasteiger partial charge in [-0.3, -0.25) is 4.79 Å². The Kier molecular flexibility index (Phi) is 8.94. The molecule has 3 rings (SSSR count). The molecule has 2 atom stereocenters. The van der Waals surface area contributed by atoms with Gasteiger partial charge >= 0.3 is 0 Å². The van der Waals surface area contributed by atoms with Crippen LogP contribution in [0.15, 0.2) is 60.7 Å². The van der Waals surface area contributed by atoms with E-state index in [1.807, 2.05) is 60.7 Å². The molecule has 1 amide bonds. The zero-order valence-corrected chi connectivity index (χ0v) is 18.1. The van der Waals surface area contributed by atoms with Crippen LogP contribution in [0.2, 0.25) is 0 Å². The maximum Gasteiger partial charge on any atom is 0.223 e. The molecule has 1 saturated heterocycles. The highest BCUT2D eigenvalue weighted by Gasteiger charge is 2.24. The molecule has 2 N–H and O–H groups in total. The largest absolute Gasteiger partial charge is 0.497 e. The number of likely N-dealkylation sites (tertiary alicyclic amines) is 1. The van der Waals surface area contributed by atoms with E-state index in [1.165, 1.54) is 0 Å². The highest BCUT2D eigenvalue weighted by molar-refractivity contribution is 5.76. The van der Waals surface area contributed by atoms with Crippen molar-refractivity contribution in [3.63, 3.8) is 0 Å². The lowest BCUT2D eigenvalue weighted by Gasteiger charge is -2.27. The Morgan fingerprint density at radius 2 is 1.77 bits per heavy atom. The van der Waals surface area contributed by atoms with Crippen LogP contribution < -0.4 is 14.8 Å². The summed E-state index contributed by atoms with van der Waals surface area (Å²) in [5, 5.41) is 13.8. The van der Waals surface area contributed by atoms with Crippen LogP contribution in [0.25, 0.3) is 6.08 Å². The molecule has 0 aliphatic carbocycles. The van der Waals surface area contributed by atoms with Gasteiger partial charge < -0.3 is 24.8 Å². The number of nitrogens with one attached hydrogen (secondary N) is 1. The summed E-state index contributed by atoms with van der Waals surface area (Å²) in [4.78, 5) is 14.8. The summed E-state index contributed by atoms with van der Waals surface area (Å²) in [5.74, 6) is 1.31. The van der Waals surface area contributed by atoms with E-state index in [2.05, 4.69) is 10.2 Å². The third kappa shape index (κ3) is 7.74. The molecule has 31 heavy (non-hydrogen) atoms.